The van der Waals surface area contributed by atoms with Crippen molar-refractivity contribution in [2.75, 3.05) is 18.5 Å². The van der Waals surface area contributed by atoms with Crippen LogP contribution >= 0.6 is 15.9 Å². The number of hydrogen-bond acceptors (Lipinski definition) is 1. The van der Waals surface area contributed by atoms with Crippen molar-refractivity contribution in [1.29, 1.82) is 0 Å². The Bertz CT molecular complexity index is 358. The van der Waals surface area contributed by atoms with E-state index >= 15 is 0 Å². The van der Waals surface area contributed by atoms with Crippen LogP contribution < -0.4 is 4.90 Å². The summed E-state index contributed by atoms with van der Waals surface area (Å²) in [6.07, 6.45) is 1.19. The first-order valence-corrected chi connectivity index (χ1v) is 5.40. The number of likely N-dealkylation sites (N-methyl/N-ethyl adjacent to an activating group) is 1. The van der Waals surface area contributed by atoms with Gasteiger partial charge in [0.15, 0.2) is 0 Å². The van der Waals surface area contributed by atoms with Crippen LogP contribution in [0.1, 0.15) is 16.7 Å². The third-order valence-electron chi connectivity index (χ3n) is 2.90. The van der Waals surface area contributed by atoms with Crippen LogP contribution in [-0.4, -0.2) is 13.6 Å². The largest absolute Gasteiger partial charge is 0.374 e. The van der Waals surface area contributed by atoms with Gasteiger partial charge in [0.2, 0.25) is 0 Å². The smallest absolute Gasteiger partial charge is 0.0403 e. The van der Waals surface area contributed by atoms with Gasteiger partial charge >= 0.3 is 0 Å². The predicted molar refractivity (Wildman–Crippen MR) is 60.6 cm³/mol. The second-order valence-electron chi connectivity index (χ2n) is 3.80. The zero-order chi connectivity index (χ0) is 9.59. The van der Waals surface area contributed by atoms with Gasteiger partial charge < -0.3 is 4.90 Å². The first-order chi connectivity index (χ1) is 6.11. The summed E-state index contributed by atoms with van der Waals surface area (Å²) < 4.78 is 1.28. The molecule has 13 heavy (non-hydrogen) atoms. The lowest BCUT2D eigenvalue weighted by atomic mass is 10.0. The highest BCUT2D eigenvalue weighted by molar-refractivity contribution is 9.10. The van der Waals surface area contributed by atoms with Crippen molar-refractivity contribution < 1.29 is 0 Å². The second-order valence-corrected chi connectivity index (χ2v) is 4.59. The molecule has 0 amide bonds. The molecule has 0 radical (unpaired) electrons. The molecule has 0 aromatic heterocycles. The topological polar surface area (TPSA) is 3.24 Å². The van der Waals surface area contributed by atoms with E-state index in [2.05, 4.69) is 47.8 Å². The van der Waals surface area contributed by atoms with E-state index in [4.69, 9.17) is 0 Å². The van der Waals surface area contributed by atoms with Crippen LogP contribution in [0, 0.1) is 13.8 Å². The lowest BCUT2D eigenvalue weighted by molar-refractivity contribution is 0.953. The van der Waals surface area contributed by atoms with Gasteiger partial charge in [-0.25, -0.2) is 0 Å². The number of nitrogens with zero attached hydrogens (tertiary/aromatic N) is 1. The Balaban J connectivity index is 2.67. The molecule has 1 aromatic carbocycles. The summed E-state index contributed by atoms with van der Waals surface area (Å²) in [5, 5.41) is 0. The van der Waals surface area contributed by atoms with Gasteiger partial charge in [0.1, 0.15) is 0 Å². The summed E-state index contributed by atoms with van der Waals surface area (Å²) in [4.78, 5) is 2.34. The van der Waals surface area contributed by atoms with E-state index in [0.29, 0.717) is 0 Å². The van der Waals surface area contributed by atoms with Crippen LogP contribution in [0.4, 0.5) is 5.69 Å². The SMILES string of the molecule is Cc1cc2c(c(C)c1Br)CCN2C. The highest BCUT2D eigenvalue weighted by Crippen LogP contribution is 2.35. The number of benzene rings is 1. The Kier molecular flexibility index (Phi) is 2.11. The Labute approximate surface area is 87.9 Å². The standard InChI is InChI=1S/C11H14BrN/c1-7-6-10-9(4-5-13(10)3)8(2)11(7)12/h6H,4-5H2,1-3H3. The van der Waals surface area contributed by atoms with Crippen LogP contribution in [0.2, 0.25) is 0 Å². The lowest BCUT2D eigenvalue weighted by Crippen LogP contribution is -2.12. The third-order valence-corrected chi connectivity index (χ3v) is 4.12. The molecule has 0 aliphatic carbocycles. The van der Waals surface area contributed by atoms with Crippen molar-refractivity contribution >= 4 is 21.6 Å². The van der Waals surface area contributed by atoms with Crippen molar-refractivity contribution in [3.8, 4) is 0 Å². The van der Waals surface area contributed by atoms with Gasteiger partial charge in [-0.1, -0.05) is 15.9 Å². The van der Waals surface area contributed by atoms with Crippen LogP contribution in [0.15, 0.2) is 10.5 Å². The minimum absolute atomic E-state index is 1.16. The lowest BCUT2D eigenvalue weighted by Gasteiger charge is -2.14. The average molecular weight is 240 g/mol. The summed E-state index contributed by atoms with van der Waals surface area (Å²) >= 11 is 3.63. The summed E-state index contributed by atoms with van der Waals surface area (Å²) in [7, 11) is 2.17. The van der Waals surface area contributed by atoms with Crippen molar-refractivity contribution in [2.24, 2.45) is 0 Å². The molecular weight excluding hydrogens is 226 g/mol. The monoisotopic (exact) mass is 239 g/mol. The third kappa shape index (κ3) is 1.28. The van der Waals surface area contributed by atoms with Gasteiger partial charge in [-0.2, -0.15) is 0 Å². The van der Waals surface area contributed by atoms with Gasteiger partial charge in [0.05, 0.1) is 0 Å². The van der Waals surface area contributed by atoms with Crippen LogP contribution in [0.25, 0.3) is 0 Å². The maximum atomic E-state index is 3.63. The highest BCUT2D eigenvalue weighted by Gasteiger charge is 2.19. The second kappa shape index (κ2) is 3.02. The fourth-order valence-electron chi connectivity index (χ4n) is 2.03. The van der Waals surface area contributed by atoms with Crippen molar-refractivity contribution in [3.05, 3.63) is 27.2 Å². The molecule has 1 nitrogen and oxygen atoms in total. The molecule has 0 unspecified atom stereocenters. The van der Waals surface area contributed by atoms with E-state index in [-0.39, 0.29) is 0 Å². The Morgan fingerprint density at radius 3 is 2.77 bits per heavy atom. The molecule has 1 aliphatic heterocycles. The van der Waals surface area contributed by atoms with Gasteiger partial charge in [-0.3, -0.25) is 0 Å². The number of halogens is 1. The summed E-state index contributed by atoms with van der Waals surface area (Å²) in [5.41, 5.74) is 5.68. The Morgan fingerprint density at radius 2 is 2.08 bits per heavy atom. The first-order valence-electron chi connectivity index (χ1n) is 4.61. The van der Waals surface area contributed by atoms with Gasteiger partial charge in [-0.05, 0) is 43.0 Å². The quantitative estimate of drug-likeness (QED) is 0.673. The van der Waals surface area contributed by atoms with Crippen molar-refractivity contribution in [2.45, 2.75) is 20.3 Å². The molecule has 0 N–H and O–H groups in total. The van der Waals surface area contributed by atoms with Crippen LogP contribution in [-0.2, 0) is 6.42 Å². The summed E-state index contributed by atoms with van der Waals surface area (Å²) in [6, 6.07) is 2.28. The summed E-state index contributed by atoms with van der Waals surface area (Å²) in [5.74, 6) is 0. The maximum Gasteiger partial charge on any atom is 0.0403 e. The molecule has 0 fully saturated rings. The van der Waals surface area contributed by atoms with Gasteiger partial charge in [0, 0.05) is 23.8 Å². The molecule has 1 aliphatic rings. The molecule has 1 heterocycles. The van der Waals surface area contributed by atoms with E-state index < -0.39 is 0 Å². The van der Waals surface area contributed by atoms with Crippen LogP contribution in [0.5, 0.6) is 0 Å². The van der Waals surface area contributed by atoms with E-state index in [1.807, 2.05) is 0 Å². The fraction of sp³-hybridized carbons (Fsp3) is 0.455. The van der Waals surface area contributed by atoms with Gasteiger partial charge in [-0.15, -0.1) is 0 Å². The molecule has 0 saturated heterocycles. The molecule has 0 bridgehead atoms. The first kappa shape index (κ1) is 9.07. The fourth-order valence-corrected chi connectivity index (χ4v) is 2.39. The molecule has 0 spiro atoms. The zero-order valence-electron chi connectivity index (χ0n) is 8.32. The normalized spacial score (nSPS) is 14.9. The zero-order valence-corrected chi connectivity index (χ0v) is 9.90. The number of rotatable bonds is 0. The molecule has 0 saturated carbocycles. The molecule has 2 heteroatoms. The number of aryl methyl sites for hydroxylation is 1. The van der Waals surface area contributed by atoms with E-state index in [1.165, 1.54) is 33.3 Å². The molecule has 0 atom stereocenters. The number of anilines is 1. The number of hydrogen-bond donors (Lipinski definition) is 0. The van der Waals surface area contributed by atoms with Crippen molar-refractivity contribution in [1.82, 2.24) is 0 Å². The molecule has 70 valence electrons. The number of fused-ring (bicyclic) bond motifs is 1. The van der Waals surface area contributed by atoms with Crippen LogP contribution in [0.3, 0.4) is 0 Å². The Morgan fingerprint density at radius 1 is 1.38 bits per heavy atom. The summed E-state index contributed by atoms with van der Waals surface area (Å²) in [6.45, 7) is 5.52. The van der Waals surface area contributed by atoms with E-state index in [0.717, 1.165) is 6.54 Å². The molecule has 1 aromatic rings. The maximum absolute atomic E-state index is 3.63. The minimum atomic E-state index is 1.16. The van der Waals surface area contributed by atoms with E-state index in [9.17, 15) is 0 Å². The van der Waals surface area contributed by atoms with Gasteiger partial charge in [0.25, 0.3) is 0 Å². The highest BCUT2D eigenvalue weighted by atomic mass is 79.9. The van der Waals surface area contributed by atoms with E-state index in [1.54, 1.807) is 0 Å². The molecular formula is C11H14BrN. The minimum Gasteiger partial charge on any atom is -0.374 e. The van der Waals surface area contributed by atoms with Crippen molar-refractivity contribution in [3.63, 3.8) is 0 Å². The molecule has 2 rings (SSSR count). The Hall–Kier alpha value is -0.500. The predicted octanol–water partition coefficient (Wildman–Crippen LogP) is 3.06. The average Bonchev–Trinajstić information content (AvgIpc) is 2.45.